The number of benzene rings is 1. The Labute approximate surface area is 194 Å². The zero-order chi connectivity index (χ0) is 23.3. The van der Waals surface area contributed by atoms with E-state index < -0.39 is 0 Å². The molecule has 176 valence electrons. The average Bonchev–Trinajstić information content (AvgIpc) is 2.80. The molecule has 0 heterocycles. The van der Waals surface area contributed by atoms with E-state index in [-0.39, 0.29) is 24.8 Å². The molecule has 0 unspecified atom stereocenters. The number of aromatic hydroxyl groups is 1. The van der Waals surface area contributed by atoms with Gasteiger partial charge >= 0.3 is 0 Å². The Morgan fingerprint density at radius 3 is 1.88 bits per heavy atom. The molecule has 2 N–H and O–H groups in total. The normalized spacial score (nSPS) is 12.1. The molecule has 0 spiro atoms. The summed E-state index contributed by atoms with van der Waals surface area (Å²) < 4.78 is 0. The van der Waals surface area contributed by atoms with Crippen molar-refractivity contribution in [2.75, 3.05) is 18.1 Å². The Kier molecular flexibility index (Phi) is 16.4. The molecule has 1 aromatic rings. The Morgan fingerprint density at radius 2 is 1.34 bits per heavy atom. The van der Waals surface area contributed by atoms with Crippen molar-refractivity contribution in [2.24, 2.45) is 0 Å². The summed E-state index contributed by atoms with van der Waals surface area (Å²) in [6, 6.07) is 6.47. The fourth-order valence-corrected chi connectivity index (χ4v) is 3.20. The molecule has 4 nitrogen and oxygen atoms in total. The first kappa shape index (κ1) is 27.4. The summed E-state index contributed by atoms with van der Waals surface area (Å²) >= 11 is 0. The van der Waals surface area contributed by atoms with Gasteiger partial charge < -0.3 is 15.1 Å². The number of allylic oxidation sites excluding steroid dienone is 8. The Balaban J connectivity index is 2.15. The van der Waals surface area contributed by atoms with E-state index in [4.69, 9.17) is 0 Å². The Hall–Kier alpha value is -2.59. The van der Waals surface area contributed by atoms with E-state index in [2.05, 4.69) is 55.5 Å². The molecule has 1 aromatic carbocycles. The van der Waals surface area contributed by atoms with Gasteiger partial charge in [0.1, 0.15) is 5.75 Å². The number of carbonyl (C=O) groups excluding carboxylic acids is 1. The first-order valence-corrected chi connectivity index (χ1v) is 12.0. The number of hydrogen-bond donors (Lipinski definition) is 2. The van der Waals surface area contributed by atoms with Crippen molar-refractivity contribution in [1.29, 1.82) is 0 Å². The van der Waals surface area contributed by atoms with E-state index >= 15 is 0 Å². The van der Waals surface area contributed by atoms with Crippen LogP contribution in [-0.2, 0) is 4.79 Å². The summed E-state index contributed by atoms with van der Waals surface area (Å²) in [5.74, 6) is 0.145. The quantitative estimate of drug-likeness (QED) is 0.206. The molecule has 32 heavy (non-hydrogen) atoms. The fraction of sp³-hybridized carbons (Fsp3) is 0.464. The summed E-state index contributed by atoms with van der Waals surface area (Å²) in [5, 5.41) is 18.7. The van der Waals surface area contributed by atoms with Gasteiger partial charge in [-0.25, -0.2) is 0 Å². The molecule has 0 saturated heterocycles. The highest BCUT2D eigenvalue weighted by molar-refractivity contribution is 5.93. The van der Waals surface area contributed by atoms with E-state index in [0.717, 1.165) is 32.1 Å². The average molecular weight is 440 g/mol. The standard InChI is InChI=1S/C28H41NO3/c1-2-3-4-5-6-7-8-9-10-11-12-13-14-15-16-17-18-19-28(32)29(24-25-30)26-20-22-27(31)23-21-26/h6-7,9-10,12-13,15-16,20-23,30-31H,2-5,8,11,14,17-19,24-25H2,1H3. The predicted molar refractivity (Wildman–Crippen MR) is 136 cm³/mol. The molecule has 1 amide bonds. The SMILES string of the molecule is CCCCCC=CCC=CCC=CCC=CCCCC(=O)N(CCO)c1ccc(O)cc1. The Morgan fingerprint density at radius 1 is 0.812 bits per heavy atom. The van der Waals surface area contributed by atoms with E-state index in [1.54, 1.807) is 29.2 Å². The minimum Gasteiger partial charge on any atom is -0.508 e. The van der Waals surface area contributed by atoms with Gasteiger partial charge in [-0.3, -0.25) is 4.79 Å². The van der Waals surface area contributed by atoms with Crippen molar-refractivity contribution in [3.8, 4) is 5.75 Å². The monoisotopic (exact) mass is 439 g/mol. The second-order valence-corrected chi connectivity index (χ2v) is 7.77. The van der Waals surface area contributed by atoms with Crippen LogP contribution in [0.5, 0.6) is 5.75 Å². The fourth-order valence-electron chi connectivity index (χ4n) is 3.20. The van der Waals surface area contributed by atoms with Crippen molar-refractivity contribution in [2.45, 2.75) is 71.1 Å². The maximum absolute atomic E-state index is 12.5. The predicted octanol–water partition coefficient (Wildman–Crippen LogP) is 6.86. The van der Waals surface area contributed by atoms with Crippen molar-refractivity contribution < 1.29 is 15.0 Å². The van der Waals surface area contributed by atoms with E-state index in [0.29, 0.717) is 12.1 Å². The largest absolute Gasteiger partial charge is 0.508 e. The number of unbranched alkanes of at least 4 members (excludes halogenated alkanes) is 4. The van der Waals surface area contributed by atoms with Gasteiger partial charge in [-0.05, 0) is 69.2 Å². The lowest BCUT2D eigenvalue weighted by Gasteiger charge is -2.22. The number of hydrogen-bond acceptors (Lipinski definition) is 3. The summed E-state index contributed by atoms with van der Waals surface area (Å²) in [6.45, 7) is 2.40. The highest BCUT2D eigenvalue weighted by atomic mass is 16.3. The van der Waals surface area contributed by atoms with Crippen LogP contribution in [0.15, 0.2) is 72.9 Å². The van der Waals surface area contributed by atoms with Crippen LogP contribution in [0.2, 0.25) is 0 Å². The van der Waals surface area contributed by atoms with E-state index in [1.807, 2.05) is 0 Å². The molecule has 0 bridgehead atoms. The lowest BCUT2D eigenvalue weighted by atomic mass is 10.2. The number of aliphatic hydroxyl groups excluding tert-OH is 1. The molecule has 0 aliphatic heterocycles. The van der Waals surface area contributed by atoms with Crippen LogP contribution in [0.3, 0.4) is 0 Å². The second kappa shape index (κ2) is 19.1. The molecule has 0 radical (unpaired) electrons. The Bertz CT molecular complexity index is 717. The van der Waals surface area contributed by atoms with Crippen LogP contribution >= 0.6 is 0 Å². The van der Waals surface area contributed by atoms with Crippen LogP contribution < -0.4 is 4.90 Å². The lowest BCUT2D eigenvalue weighted by molar-refractivity contribution is -0.118. The van der Waals surface area contributed by atoms with Crippen LogP contribution in [-0.4, -0.2) is 29.3 Å². The van der Waals surface area contributed by atoms with Gasteiger partial charge in [-0.2, -0.15) is 0 Å². The maximum atomic E-state index is 12.5. The highest BCUT2D eigenvalue weighted by Gasteiger charge is 2.14. The van der Waals surface area contributed by atoms with Crippen molar-refractivity contribution in [3.05, 3.63) is 72.9 Å². The van der Waals surface area contributed by atoms with E-state index in [9.17, 15) is 15.0 Å². The smallest absolute Gasteiger partial charge is 0.227 e. The number of phenols is 1. The summed E-state index contributed by atoms with van der Waals surface area (Å²) in [6.07, 6.45) is 27.6. The van der Waals surface area contributed by atoms with Gasteiger partial charge in [0.2, 0.25) is 5.91 Å². The molecule has 0 aromatic heterocycles. The van der Waals surface area contributed by atoms with Gasteiger partial charge in [0.15, 0.2) is 0 Å². The minimum absolute atomic E-state index is 0.0133. The number of rotatable bonds is 17. The second-order valence-electron chi connectivity index (χ2n) is 7.77. The third-order valence-corrected chi connectivity index (χ3v) is 5.00. The van der Waals surface area contributed by atoms with Crippen molar-refractivity contribution >= 4 is 11.6 Å². The molecular weight excluding hydrogens is 398 g/mol. The molecule has 4 heteroatoms. The summed E-state index contributed by atoms with van der Waals surface area (Å²) in [4.78, 5) is 14.1. The molecular formula is C28H41NO3. The maximum Gasteiger partial charge on any atom is 0.227 e. The molecule has 0 aliphatic carbocycles. The van der Waals surface area contributed by atoms with Gasteiger partial charge in [-0.1, -0.05) is 68.4 Å². The zero-order valence-corrected chi connectivity index (χ0v) is 19.7. The number of amides is 1. The molecule has 0 saturated carbocycles. The van der Waals surface area contributed by atoms with Gasteiger partial charge in [-0.15, -0.1) is 0 Å². The van der Waals surface area contributed by atoms with Gasteiger partial charge in [0, 0.05) is 18.7 Å². The molecule has 0 aliphatic rings. The number of carbonyl (C=O) groups is 1. The summed E-state index contributed by atoms with van der Waals surface area (Å²) in [7, 11) is 0. The first-order chi connectivity index (χ1) is 15.7. The number of aliphatic hydroxyl groups is 1. The van der Waals surface area contributed by atoms with E-state index in [1.165, 1.54) is 25.7 Å². The van der Waals surface area contributed by atoms with Gasteiger partial charge in [0.25, 0.3) is 0 Å². The third kappa shape index (κ3) is 13.7. The minimum atomic E-state index is -0.0935. The first-order valence-electron chi connectivity index (χ1n) is 12.0. The van der Waals surface area contributed by atoms with Crippen LogP contribution in [0.25, 0.3) is 0 Å². The molecule has 0 fully saturated rings. The number of phenolic OH excluding ortho intramolecular Hbond substituents is 1. The van der Waals surface area contributed by atoms with Crippen LogP contribution in [0, 0.1) is 0 Å². The molecule has 0 atom stereocenters. The highest BCUT2D eigenvalue weighted by Crippen LogP contribution is 2.19. The van der Waals surface area contributed by atoms with Gasteiger partial charge in [0.05, 0.1) is 6.61 Å². The third-order valence-electron chi connectivity index (χ3n) is 5.00. The number of anilines is 1. The van der Waals surface area contributed by atoms with Crippen LogP contribution in [0.4, 0.5) is 5.69 Å². The van der Waals surface area contributed by atoms with Crippen molar-refractivity contribution in [3.63, 3.8) is 0 Å². The molecule has 1 rings (SSSR count). The van der Waals surface area contributed by atoms with Crippen molar-refractivity contribution in [1.82, 2.24) is 0 Å². The zero-order valence-electron chi connectivity index (χ0n) is 19.7. The topological polar surface area (TPSA) is 60.8 Å². The van der Waals surface area contributed by atoms with Crippen LogP contribution in [0.1, 0.15) is 71.1 Å². The lowest BCUT2D eigenvalue weighted by Crippen LogP contribution is -2.33. The number of nitrogens with zero attached hydrogens (tertiary/aromatic N) is 1. The summed E-state index contributed by atoms with van der Waals surface area (Å²) in [5.41, 5.74) is 0.694.